The molecule has 118 valence electrons. The molecule has 3 N–H and O–H groups in total. The van der Waals surface area contributed by atoms with Gasteiger partial charge in [-0.2, -0.15) is 0 Å². The van der Waals surface area contributed by atoms with Crippen molar-refractivity contribution in [3.8, 4) is 11.5 Å². The van der Waals surface area contributed by atoms with Gasteiger partial charge in [0.15, 0.2) is 6.61 Å². The first kappa shape index (κ1) is 15.1. The van der Waals surface area contributed by atoms with Crippen LogP contribution in [0, 0.1) is 6.92 Å². The number of carbonyl (C=O) groups excluding carboxylic acids is 1. The monoisotopic (exact) mass is 311 g/mol. The number of benzene rings is 2. The fourth-order valence-electron chi connectivity index (χ4n) is 2.60. The summed E-state index contributed by atoms with van der Waals surface area (Å²) in [5.41, 5.74) is 8.56. The second kappa shape index (κ2) is 6.14. The summed E-state index contributed by atoms with van der Waals surface area (Å²) in [5, 5.41) is 10.0. The fourth-order valence-corrected chi connectivity index (χ4v) is 2.60. The van der Waals surface area contributed by atoms with Crippen LogP contribution in [0.5, 0.6) is 11.5 Å². The van der Waals surface area contributed by atoms with E-state index in [9.17, 15) is 9.90 Å². The van der Waals surface area contributed by atoms with Crippen molar-refractivity contribution in [2.24, 2.45) is 5.73 Å². The van der Waals surface area contributed by atoms with Gasteiger partial charge in [-0.15, -0.1) is 0 Å². The summed E-state index contributed by atoms with van der Waals surface area (Å²) < 4.78 is 10.9. The Morgan fingerprint density at radius 3 is 2.70 bits per heavy atom. The summed E-state index contributed by atoms with van der Waals surface area (Å²) >= 11 is 0. The smallest absolute Gasteiger partial charge is 0.255 e. The molecule has 2 aromatic rings. The van der Waals surface area contributed by atoms with Crippen molar-refractivity contribution >= 4 is 11.5 Å². The molecule has 5 heteroatoms. The lowest BCUT2D eigenvalue weighted by molar-refractivity contribution is -0.119. The number of primary amides is 1. The molecule has 2 aromatic carbocycles. The summed E-state index contributed by atoms with van der Waals surface area (Å²) in [4.78, 5) is 10.9. The number of amides is 1. The van der Waals surface area contributed by atoms with Crippen molar-refractivity contribution in [1.29, 1.82) is 0 Å². The second-order valence-corrected chi connectivity index (χ2v) is 5.28. The third-order valence-corrected chi connectivity index (χ3v) is 3.65. The lowest BCUT2D eigenvalue weighted by Gasteiger charge is -2.25. The van der Waals surface area contributed by atoms with E-state index in [-0.39, 0.29) is 6.61 Å². The Bertz CT molecular complexity index is 768. The Balaban J connectivity index is 2.03. The van der Waals surface area contributed by atoms with Crippen LogP contribution in [0.3, 0.4) is 0 Å². The van der Waals surface area contributed by atoms with E-state index in [1.807, 2.05) is 43.3 Å². The highest BCUT2D eigenvalue weighted by molar-refractivity contribution is 5.85. The number of fused-ring (bicyclic) bond motifs is 1. The average Bonchev–Trinajstić information content (AvgIpc) is 2.55. The molecule has 0 aliphatic carbocycles. The standard InChI is InChI=1S/C18H17NO4/c1-11-15(22-10-16(19)20)8-7-13-14(9-17(21)23-18(11)13)12-5-3-2-4-6-12/h2-9,17,21H,10H2,1H3,(H2,19,20). The third-order valence-electron chi connectivity index (χ3n) is 3.65. The Kier molecular flexibility index (Phi) is 4.04. The van der Waals surface area contributed by atoms with E-state index < -0.39 is 12.2 Å². The molecule has 1 aliphatic rings. The number of hydrogen-bond acceptors (Lipinski definition) is 4. The van der Waals surface area contributed by atoms with Crippen molar-refractivity contribution in [2.45, 2.75) is 13.2 Å². The topological polar surface area (TPSA) is 81.8 Å². The largest absolute Gasteiger partial charge is 0.483 e. The van der Waals surface area contributed by atoms with Crippen molar-refractivity contribution in [1.82, 2.24) is 0 Å². The Labute approximate surface area is 134 Å². The summed E-state index contributed by atoms with van der Waals surface area (Å²) in [6, 6.07) is 13.4. The minimum absolute atomic E-state index is 0.205. The number of carbonyl (C=O) groups is 1. The highest BCUT2D eigenvalue weighted by Crippen LogP contribution is 2.41. The molecule has 0 radical (unpaired) electrons. The van der Waals surface area contributed by atoms with Gasteiger partial charge in [-0.25, -0.2) is 0 Å². The van der Waals surface area contributed by atoms with Crippen molar-refractivity contribution in [3.63, 3.8) is 0 Å². The number of nitrogens with two attached hydrogens (primary N) is 1. The van der Waals surface area contributed by atoms with Gasteiger partial charge in [-0.1, -0.05) is 30.3 Å². The second-order valence-electron chi connectivity index (χ2n) is 5.28. The zero-order valence-electron chi connectivity index (χ0n) is 12.7. The van der Waals surface area contributed by atoms with Crippen LogP contribution in [0.15, 0.2) is 48.5 Å². The Morgan fingerprint density at radius 1 is 1.26 bits per heavy atom. The van der Waals surface area contributed by atoms with E-state index >= 15 is 0 Å². The molecule has 1 aliphatic heterocycles. The van der Waals surface area contributed by atoms with Crippen LogP contribution in [0.25, 0.3) is 5.57 Å². The van der Waals surface area contributed by atoms with Crippen LogP contribution in [0.4, 0.5) is 0 Å². The van der Waals surface area contributed by atoms with Gasteiger partial charge in [0.05, 0.1) is 0 Å². The van der Waals surface area contributed by atoms with Gasteiger partial charge in [0.25, 0.3) is 5.91 Å². The summed E-state index contributed by atoms with van der Waals surface area (Å²) in [6.07, 6.45) is 0.629. The van der Waals surface area contributed by atoms with E-state index in [0.29, 0.717) is 17.1 Å². The molecule has 23 heavy (non-hydrogen) atoms. The number of ether oxygens (including phenoxy) is 2. The van der Waals surface area contributed by atoms with Crippen LogP contribution in [-0.4, -0.2) is 23.9 Å². The first-order valence-electron chi connectivity index (χ1n) is 7.23. The lowest BCUT2D eigenvalue weighted by atomic mass is 9.93. The fraction of sp³-hybridized carbons (Fsp3) is 0.167. The Hall–Kier alpha value is -2.79. The molecule has 0 saturated heterocycles. The highest BCUT2D eigenvalue weighted by Gasteiger charge is 2.23. The van der Waals surface area contributed by atoms with Crippen LogP contribution in [0.2, 0.25) is 0 Å². The molecule has 0 fully saturated rings. The summed E-state index contributed by atoms with van der Waals surface area (Å²) in [5.74, 6) is 0.498. The third kappa shape index (κ3) is 3.05. The normalized spacial score (nSPS) is 16.1. The zero-order valence-corrected chi connectivity index (χ0v) is 12.7. The minimum Gasteiger partial charge on any atom is -0.483 e. The quantitative estimate of drug-likeness (QED) is 0.905. The molecule has 1 atom stereocenters. The molecule has 0 spiro atoms. The molecule has 0 saturated carbocycles. The molecule has 1 unspecified atom stereocenters. The predicted octanol–water partition coefficient (Wildman–Crippen LogP) is 2.00. The maximum absolute atomic E-state index is 10.9. The van der Waals surface area contributed by atoms with E-state index in [2.05, 4.69) is 0 Å². The number of rotatable bonds is 4. The molecule has 0 bridgehead atoms. The van der Waals surface area contributed by atoms with Gasteiger partial charge in [-0.3, -0.25) is 4.79 Å². The molecule has 1 heterocycles. The highest BCUT2D eigenvalue weighted by atomic mass is 16.6. The van der Waals surface area contributed by atoms with Crippen LogP contribution >= 0.6 is 0 Å². The SMILES string of the molecule is Cc1c(OCC(N)=O)ccc2c1OC(O)C=C2c1ccccc1. The summed E-state index contributed by atoms with van der Waals surface area (Å²) in [6.45, 7) is 1.61. The maximum Gasteiger partial charge on any atom is 0.255 e. The van der Waals surface area contributed by atoms with Crippen molar-refractivity contribution in [3.05, 3.63) is 65.2 Å². The van der Waals surface area contributed by atoms with Gasteiger partial charge >= 0.3 is 0 Å². The van der Waals surface area contributed by atoms with Gasteiger partial charge in [0, 0.05) is 11.1 Å². The summed E-state index contributed by atoms with van der Waals surface area (Å²) in [7, 11) is 0. The predicted molar refractivity (Wildman–Crippen MR) is 86.0 cm³/mol. The molecule has 1 amide bonds. The Morgan fingerprint density at radius 2 is 2.00 bits per heavy atom. The first-order chi connectivity index (χ1) is 11.1. The van der Waals surface area contributed by atoms with Gasteiger partial charge in [-0.05, 0) is 36.3 Å². The zero-order chi connectivity index (χ0) is 16.4. The van der Waals surface area contributed by atoms with Gasteiger partial charge in [0.2, 0.25) is 6.29 Å². The molecule has 5 nitrogen and oxygen atoms in total. The van der Waals surface area contributed by atoms with E-state index in [1.165, 1.54) is 0 Å². The maximum atomic E-state index is 10.9. The number of hydrogen-bond donors (Lipinski definition) is 2. The van der Waals surface area contributed by atoms with Gasteiger partial charge in [0.1, 0.15) is 11.5 Å². The molecular weight excluding hydrogens is 294 g/mol. The van der Waals surface area contributed by atoms with Crippen molar-refractivity contribution in [2.75, 3.05) is 6.61 Å². The molecule has 3 rings (SSSR count). The van der Waals surface area contributed by atoms with E-state index in [1.54, 1.807) is 12.1 Å². The van der Waals surface area contributed by atoms with Crippen LogP contribution in [-0.2, 0) is 4.79 Å². The van der Waals surface area contributed by atoms with Crippen LogP contribution < -0.4 is 15.2 Å². The average molecular weight is 311 g/mol. The molecule has 0 aromatic heterocycles. The lowest BCUT2D eigenvalue weighted by Crippen LogP contribution is -2.21. The molecular formula is C18H17NO4. The first-order valence-corrected chi connectivity index (χ1v) is 7.23. The number of aliphatic hydroxyl groups excluding tert-OH is 1. The van der Waals surface area contributed by atoms with Crippen molar-refractivity contribution < 1.29 is 19.4 Å². The number of aliphatic hydroxyl groups is 1. The van der Waals surface area contributed by atoms with Gasteiger partial charge < -0.3 is 20.3 Å². The van der Waals surface area contributed by atoms with E-state index in [4.69, 9.17) is 15.2 Å². The minimum atomic E-state index is -1.04. The van der Waals surface area contributed by atoms with E-state index in [0.717, 1.165) is 16.7 Å². The van der Waals surface area contributed by atoms with Crippen LogP contribution in [0.1, 0.15) is 16.7 Å².